The van der Waals surface area contributed by atoms with Crippen LogP contribution in [-0.4, -0.2) is 11.7 Å². The van der Waals surface area contributed by atoms with E-state index in [-0.39, 0.29) is 0 Å². The lowest BCUT2D eigenvalue weighted by Crippen LogP contribution is -2.12. The van der Waals surface area contributed by atoms with Crippen molar-refractivity contribution in [2.24, 2.45) is 0 Å². The Kier molecular flexibility index (Phi) is 5.40. The molecule has 0 fully saturated rings. The molecule has 1 atom stereocenters. The van der Waals surface area contributed by atoms with E-state index in [1.165, 1.54) is 0 Å². The number of hydrogen-bond donors (Lipinski definition) is 2. The average molecular weight is 410 g/mol. The van der Waals surface area contributed by atoms with Crippen molar-refractivity contribution in [3.05, 3.63) is 62.0 Å². The fourth-order valence-corrected chi connectivity index (χ4v) is 3.66. The molecule has 0 bridgehead atoms. The normalized spacial score (nSPS) is 11.8. The molecule has 1 unspecified atom stereocenters. The van der Waals surface area contributed by atoms with Gasteiger partial charge >= 0.3 is 0 Å². The average Bonchev–Trinajstić information content (AvgIpc) is 2.46. The van der Waals surface area contributed by atoms with E-state index in [0.717, 1.165) is 25.8 Å². The molecule has 0 heterocycles. The quantitative estimate of drug-likeness (QED) is 0.779. The molecule has 21 heavy (non-hydrogen) atoms. The molecule has 2 aromatic carbocycles. The third-order valence-electron chi connectivity index (χ3n) is 3.08. The van der Waals surface area contributed by atoms with E-state index < -0.39 is 6.10 Å². The van der Waals surface area contributed by atoms with E-state index in [9.17, 15) is 5.11 Å². The van der Waals surface area contributed by atoms with Crippen LogP contribution >= 0.6 is 31.9 Å². The molecule has 2 N–H and O–H groups in total. The van der Waals surface area contributed by atoms with Crippen molar-refractivity contribution >= 4 is 37.5 Å². The van der Waals surface area contributed by atoms with Crippen LogP contribution in [0.2, 0.25) is 0 Å². The lowest BCUT2D eigenvalue weighted by Gasteiger charge is -2.16. The number of halogens is 2. The highest BCUT2D eigenvalue weighted by Crippen LogP contribution is 2.32. The molecular weight excluding hydrogens is 396 g/mol. The monoisotopic (exact) mass is 408 g/mol. The number of hydrogen-bond acceptors (Lipinski definition) is 3. The smallest absolute Gasteiger partial charge is 0.0991 e. The van der Waals surface area contributed by atoms with E-state index in [1.807, 2.05) is 19.1 Å². The maximum absolute atomic E-state index is 10.2. The van der Waals surface area contributed by atoms with Crippen LogP contribution in [0.5, 0.6) is 0 Å². The maximum atomic E-state index is 10.2. The summed E-state index contributed by atoms with van der Waals surface area (Å²) in [5.74, 6) is 0. The van der Waals surface area contributed by atoms with Gasteiger partial charge in [0.25, 0.3) is 0 Å². The predicted octanol–water partition coefficient (Wildman–Crippen LogP) is 4.54. The summed E-state index contributed by atoms with van der Waals surface area (Å²) in [6.45, 7) is 2.40. The summed E-state index contributed by atoms with van der Waals surface area (Å²) in [5, 5.41) is 22.2. The summed E-state index contributed by atoms with van der Waals surface area (Å²) in [6, 6.07) is 13.0. The first kappa shape index (κ1) is 16.0. The Labute approximate surface area is 140 Å². The van der Waals surface area contributed by atoms with E-state index in [0.29, 0.717) is 12.1 Å². The number of anilines is 1. The van der Waals surface area contributed by atoms with Crippen molar-refractivity contribution in [1.29, 1.82) is 5.26 Å². The highest BCUT2D eigenvalue weighted by molar-refractivity contribution is 9.11. The van der Waals surface area contributed by atoms with Crippen LogP contribution in [0.3, 0.4) is 0 Å². The Morgan fingerprint density at radius 3 is 2.29 bits per heavy atom. The van der Waals surface area contributed by atoms with Gasteiger partial charge in [0.2, 0.25) is 0 Å². The summed E-state index contributed by atoms with van der Waals surface area (Å²) in [6.07, 6.45) is -0.641. The summed E-state index contributed by atoms with van der Waals surface area (Å²) in [5.41, 5.74) is 3.42. The zero-order chi connectivity index (χ0) is 15.4. The van der Waals surface area contributed by atoms with Crippen LogP contribution in [0.4, 0.5) is 5.69 Å². The summed E-state index contributed by atoms with van der Waals surface area (Å²) >= 11 is 7.03. The second-order valence-corrected chi connectivity index (χ2v) is 6.44. The minimum atomic E-state index is -0.641. The summed E-state index contributed by atoms with van der Waals surface area (Å²) < 4.78 is 1.89. The maximum Gasteiger partial charge on any atom is 0.0991 e. The van der Waals surface area contributed by atoms with Crippen molar-refractivity contribution in [3.8, 4) is 6.07 Å². The van der Waals surface area contributed by atoms with Crippen molar-refractivity contribution < 1.29 is 5.11 Å². The highest BCUT2D eigenvalue weighted by Gasteiger charge is 2.11. The standard InChI is InChI=1S/C16H14Br2N2O/c1-10-6-13(17)16(14(18)7-10)20-9-15(21)12-4-2-11(8-19)3-5-12/h2-7,15,20-21H,9H2,1H3. The number of aliphatic hydroxyl groups is 1. The second-order valence-electron chi connectivity index (χ2n) is 4.73. The van der Waals surface area contributed by atoms with E-state index >= 15 is 0 Å². The third-order valence-corrected chi connectivity index (χ3v) is 4.33. The van der Waals surface area contributed by atoms with Crippen molar-refractivity contribution in [3.63, 3.8) is 0 Å². The summed E-state index contributed by atoms with van der Waals surface area (Å²) in [4.78, 5) is 0. The van der Waals surface area contributed by atoms with Gasteiger partial charge in [-0.1, -0.05) is 12.1 Å². The third kappa shape index (κ3) is 4.07. The van der Waals surface area contributed by atoms with Crippen LogP contribution < -0.4 is 5.32 Å². The lowest BCUT2D eigenvalue weighted by molar-refractivity contribution is 0.191. The Morgan fingerprint density at radius 2 is 1.76 bits per heavy atom. The number of nitriles is 1. The molecule has 0 saturated carbocycles. The van der Waals surface area contributed by atoms with Gasteiger partial charge in [0.15, 0.2) is 0 Å². The molecule has 5 heteroatoms. The molecule has 0 saturated heterocycles. The Bertz CT molecular complexity index is 655. The zero-order valence-electron chi connectivity index (χ0n) is 11.4. The fraction of sp³-hybridized carbons (Fsp3) is 0.188. The van der Waals surface area contributed by atoms with Crippen LogP contribution in [0.15, 0.2) is 45.3 Å². The number of nitrogens with one attached hydrogen (secondary N) is 1. The predicted molar refractivity (Wildman–Crippen MR) is 91.2 cm³/mol. The highest BCUT2D eigenvalue weighted by atomic mass is 79.9. The number of rotatable bonds is 4. The molecule has 2 aromatic rings. The molecule has 108 valence electrons. The van der Waals surface area contributed by atoms with Gasteiger partial charge in [-0.15, -0.1) is 0 Å². The van der Waals surface area contributed by atoms with Crippen LogP contribution in [0.25, 0.3) is 0 Å². The number of nitrogens with zero attached hydrogens (tertiary/aromatic N) is 1. The van der Waals surface area contributed by atoms with Gasteiger partial charge in [-0.25, -0.2) is 0 Å². The van der Waals surface area contributed by atoms with E-state index in [1.54, 1.807) is 24.3 Å². The molecule has 0 spiro atoms. The number of aryl methyl sites for hydroxylation is 1. The topological polar surface area (TPSA) is 56.0 Å². The van der Waals surface area contributed by atoms with Crippen LogP contribution in [-0.2, 0) is 0 Å². The van der Waals surface area contributed by atoms with Crippen LogP contribution in [0, 0.1) is 18.3 Å². The van der Waals surface area contributed by atoms with Gasteiger partial charge in [0, 0.05) is 15.5 Å². The second kappa shape index (κ2) is 7.08. The Hall–Kier alpha value is -1.35. The molecule has 0 radical (unpaired) electrons. The number of aliphatic hydroxyl groups excluding tert-OH is 1. The van der Waals surface area contributed by atoms with Crippen molar-refractivity contribution in [2.75, 3.05) is 11.9 Å². The first-order valence-electron chi connectivity index (χ1n) is 6.39. The van der Waals surface area contributed by atoms with Gasteiger partial charge in [-0.05, 0) is 74.2 Å². The SMILES string of the molecule is Cc1cc(Br)c(NCC(O)c2ccc(C#N)cc2)c(Br)c1. The molecule has 0 amide bonds. The molecular formula is C16H14Br2N2O. The minimum absolute atomic E-state index is 0.381. The molecule has 0 aliphatic rings. The van der Waals surface area contributed by atoms with Crippen molar-refractivity contribution in [2.45, 2.75) is 13.0 Å². The molecule has 0 aliphatic heterocycles. The van der Waals surface area contributed by atoms with E-state index in [4.69, 9.17) is 5.26 Å². The number of benzene rings is 2. The lowest BCUT2D eigenvalue weighted by atomic mass is 10.1. The first-order chi connectivity index (χ1) is 10.0. The molecule has 0 aromatic heterocycles. The molecule has 0 aliphatic carbocycles. The Morgan fingerprint density at radius 1 is 1.19 bits per heavy atom. The minimum Gasteiger partial charge on any atom is -0.387 e. The van der Waals surface area contributed by atoms with Gasteiger partial charge in [-0.3, -0.25) is 0 Å². The molecule has 3 nitrogen and oxygen atoms in total. The summed E-state index contributed by atoms with van der Waals surface area (Å²) in [7, 11) is 0. The van der Waals surface area contributed by atoms with E-state index in [2.05, 4.69) is 43.2 Å². The van der Waals surface area contributed by atoms with Crippen LogP contribution in [0.1, 0.15) is 22.8 Å². The van der Waals surface area contributed by atoms with Gasteiger partial charge < -0.3 is 10.4 Å². The van der Waals surface area contributed by atoms with Gasteiger partial charge in [0.05, 0.1) is 23.4 Å². The fourth-order valence-electron chi connectivity index (χ4n) is 1.97. The van der Waals surface area contributed by atoms with Gasteiger partial charge in [0.1, 0.15) is 0 Å². The largest absolute Gasteiger partial charge is 0.387 e. The molecule has 2 rings (SSSR count). The van der Waals surface area contributed by atoms with Gasteiger partial charge in [-0.2, -0.15) is 5.26 Å². The Balaban J connectivity index is 2.07. The van der Waals surface area contributed by atoms with Crippen molar-refractivity contribution in [1.82, 2.24) is 0 Å². The first-order valence-corrected chi connectivity index (χ1v) is 7.97. The zero-order valence-corrected chi connectivity index (χ0v) is 14.6.